The number of rotatable bonds is 6. The number of carbonyl (C=O) groups excluding carboxylic acids is 1. The summed E-state index contributed by atoms with van der Waals surface area (Å²) in [4.78, 5) is 18.1. The third-order valence-corrected chi connectivity index (χ3v) is 10.00. The Morgan fingerprint density at radius 2 is 1.86 bits per heavy atom. The van der Waals surface area contributed by atoms with Crippen LogP contribution in [0, 0.1) is 18.3 Å². The number of sulfonamides is 1. The molecule has 0 saturated carbocycles. The minimum atomic E-state index is -3.78. The minimum Gasteiger partial charge on any atom is -0.497 e. The van der Waals surface area contributed by atoms with Crippen LogP contribution in [0.5, 0.6) is 5.75 Å². The van der Waals surface area contributed by atoms with Crippen molar-refractivity contribution in [3.05, 3.63) is 47.3 Å². The number of ether oxygens (including phenoxy) is 1. The zero-order valence-corrected chi connectivity index (χ0v) is 22.2. The summed E-state index contributed by atoms with van der Waals surface area (Å²) in [7, 11) is -5.69. The van der Waals surface area contributed by atoms with Crippen molar-refractivity contribution in [2.75, 3.05) is 26.5 Å². The second kappa shape index (κ2) is 10.2. The fraction of sp³-hybridized carbons (Fsp3) is 0.333. The van der Waals surface area contributed by atoms with E-state index in [0.717, 1.165) is 17.6 Å². The first kappa shape index (κ1) is 26.1. The molecule has 0 spiro atoms. The molecule has 1 unspecified atom stereocenters. The molecular weight excluding hydrogens is 522 g/mol. The van der Waals surface area contributed by atoms with E-state index in [4.69, 9.17) is 11.2 Å². The second-order valence-corrected chi connectivity index (χ2v) is 13.4. The van der Waals surface area contributed by atoms with E-state index in [9.17, 15) is 21.6 Å². The lowest BCUT2D eigenvalue weighted by Gasteiger charge is -2.30. The number of piperidine rings is 1. The Morgan fingerprint density at radius 3 is 2.50 bits per heavy atom. The number of hydrogen-bond acceptors (Lipinski definition) is 7. The van der Waals surface area contributed by atoms with Crippen molar-refractivity contribution in [3.8, 4) is 18.1 Å². The number of aromatic nitrogens is 1. The lowest BCUT2D eigenvalue weighted by Crippen LogP contribution is -2.42. The SMILES string of the molecule is C#CCn1c(=NC(=O)C2CCCN(S(=O)(=O)c3ccc(OC)cc3)C2)sc2cc(S(C)(=O)=O)ccc21. The molecule has 1 aliphatic heterocycles. The van der Waals surface area contributed by atoms with Gasteiger partial charge >= 0.3 is 0 Å². The van der Waals surface area contributed by atoms with E-state index < -0.39 is 31.7 Å². The Labute approximate surface area is 214 Å². The van der Waals surface area contributed by atoms with E-state index in [-0.39, 0.29) is 22.9 Å². The Bertz CT molecular complexity index is 1630. The monoisotopic (exact) mass is 547 g/mol. The smallest absolute Gasteiger partial charge is 0.252 e. The number of carbonyl (C=O) groups is 1. The molecule has 1 saturated heterocycles. The molecule has 0 radical (unpaired) electrons. The summed E-state index contributed by atoms with van der Waals surface area (Å²) in [5.74, 6) is 2.04. The number of benzene rings is 2. The predicted molar refractivity (Wildman–Crippen MR) is 137 cm³/mol. The first-order chi connectivity index (χ1) is 17.0. The molecule has 3 aromatic rings. The molecule has 1 fully saturated rings. The number of methoxy groups -OCH3 is 1. The largest absolute Gasteiger partial charge is 0.497 e. The molecule has 36 heavy (non-hydrogen) atoms. The normalized spacial score (nSPS) is 17.7. The zero-order chi connectivity index (χ0) is 26.1. The highest BCUT2D eigenvalue weighted by Crippen LogP contribution is 2.26. The molecule has 1 aliphatic rings. The van der Waals surface area contributed by atoms with Gasteiger partial charge in [0, 0.05) is 19.3 Å². The number of hydrogen-bond donors (Lipinski definition) is 0. The molecule has 2 aromatic carbocycles. The van der Waals surface area contributed by atoms with E-state index in [1.54, 1.807) is 22.8 Å². The first-order valence-electron chi connectivity index (χ1n) is 11.0. The van der Waals surface area contributed by atoms with E-state index in [1.807, 2.05) is 0 Å². The predicted octanol–water partition coefficient (Wildman–Crippen LogP) is 2.28. The fourth-order valence-corrected chi connectivity index (χ4v) is 7.38. The number of nitrogens with zero attached hydrogens (tertiary/aromatic N) is 3. The number of thiazole rings is 1. The van der Waals surface area contributed by atoms with E-state index in [2.05, 4.69) is 10.9 Å². The average molecular weight is 548 g/mol. The van der Waals surface area contributed by atoms with E-state index in [0.29, 0.717) is 40.2 Å². The van der Waals surface area contributed by atoms with Gasteiger partial charge in [-0.15, -0.1) is 6.42 Å². The van der Waals surface area contributed by atoms with Crippen LogP contribution in [0.15, 0.2) is 57.2 Å². The third kappa shape index (κ3) is 5.24. The van der Waals surface area contributed by atoms with Crippen molar-refractivity contribution >= 4 is 47.3 Å². The average Bonchev–Trinajstić information content (AvgIpc) is 3.20. The topological polar surface area (TPSA) is 115 Å². The summed E-state index contributed by atoms with van der Waals surface area (Å²) in [5.41, 5.74) is 0.671. The van der Waals surface area contributed by atoms with Crippen molar-refractivity contribution in [1.29, 1.82) is 0 Å². The van der Waals surface area contributed by atoms with Gasteiger partial charge < -0.3 is 9.30 Å². The minimum absolute atomic E-state index is 0.0228. The molecule has 0 N–H and O–H groups in total. The van der Waals surface area contributed by atoms with E-state index >= 15 is 0 Å². The maximum Gasteiger partial charge on any atom is 0.252 e. The van der Waals surface area contributed by atoms with Crippen molar-refractivity contribution in [1.82, 2.24) is 8.87 Å². The highest BCUT2D eigenvalue weighted by atomic mass is 32.2. The number of terminal acetylenes is 1. The van der Waals surface area contributed by atoms with Gasteiger partial charge in [0.2, 0.25) is 10.0 Å². The van der Waals surface area contributed by atoms with E-state index in [1.165, 1.54) is 35.7 Å². The summed E-state index contributed by atoms with van der Waals surface area (Å²) < 4.78 is 58.9. The molecule has 0 bridgehead atoms. The van der Waals surface area contributed by atoms with Gasteiger partial charge in [0.1, 0.15) is 5.75 Å². The van der Waals surface area contributed by atoms with Gasteiger partial charge in [0.05, 0.1) is 39.6 Å². The van der Waals surface area contributed by atoms with Crippen LogP contribution in [0.2, 0.25) is 0 Å². The van der Waals surface area contributed by atoms with Crippen LogP contribution in [0.1, 0.15) is 12.8 Å². The highest BCUT2D eigenvalue weighted by molar-refractivity contribution is 7.90. The Morgan fingerprint density at radius 1 is 1.17 bits per heavy atom. The first-order valence-corrected chi connectivity index (χ1v) is 15.2. The molecular formula is C24H25N3O6S3. The molecule has 1 atom stereocenters. The van der Waals surface area contributed by atoms with Crippen LogP contribution in [-0.4, -0.2) is 58.1 Å². The van der Waals surface area contributed by atoms with Gasteiger partial charge in [0.25, 0.3) is 5.91 Å². The molecule has 9 nitrogen and oxygen atoms in total. The summed E-state index contributed by atoms with van der Waals surface area (Å²) in [5, 5.41) is 0. The van der Waals surface area contributed by atoms with Crippen LogP contribution in [0.25, 0.3) is 10.2 Å². The van der Waals surface area contributed by atoms with Crippen molar-refractivity contribution < 1.29 is 26.4 Å². The second-order valence-electron chi connectivity index (χ2n) is 8.40. The van der Waals surface area contributed by atoms with Gasteiger partial charge in [-0.1, -0.05) is 17.3 Å². The number of amides is 1. The van der Waals surface area contributed by atoms with Crippen molar-refractivity contribution in [3.63, 3.8) is 0 Å². The van der Waals surface area contributed by atoms with Gasteiger partial charge in [-0.25, -0.2) is 16.8 Å². The van der Waals surface area contributed by atoms with Crippen LogP contribution < -0.4 is 9.54 Å². The molecule has 0 aliphatic carbocycles. The summed E-state index contributed by atoms with van der Waals surface area (Å²) in [6.45, 7) is 0.480. The quantitative estimate of drug-likeness (QED) is 0.438. The Balaban J connectivity index is 1.64. The Hall–Kier alpha value is -2.98. The van der Waals surface area contributed by atoms with Crippen LogP contribution in [0.3, 0.4) is 0 Å². The molecule has 1 aromatic heterocycles. The highest BCUT2D eigenvalue weighted by Gasteiger charge is 2.33. The van der Waals surface area contributed by atoms with Crippen LogP contribution in [0.4, 0.5) is 0 Å². The molecule has 190 valence electrons. The number of fused-ring (bicyclic) bond motifs is 1. The van der Waals surface area contributed by atoms with Crippen molar-refractivity contribution in [2.24, 2.45) is 10.9 Å². The zero-order valence-electron chi connectivity index (χ0n) is 19.7. The molecule has 4 rings (SSSR count). The van der Waals surface area contributed by atoms with Gasteiger partial charge in [0.15, 0.2) is 14.6 Å². The van der Waals surface area contributed by atoms with Gasteiger partial charge in [-0.2, -0.15) is 9.30 Å². The van der Waals surface area contributed by atoms with Gasteiger partial charge in [-0.3, -0.25) is 4.79 Å². The standard InChI is InChI=1S/C24H25N3O6S3/c1-4-13-27-21-12-11-20(35(3,29)30)15-22(21)34-24(27)25-23(28)17-6-5-14-26(16-17)36(31,32)19-9-7-18(33-2)8-10-19/h1,7-12,15,17H,5-6,13-14,16H2,2-3H3. The summed E-state index contributed by atoms with van der Waals surface area (Å²) in [6.07, 6.45) is 7.68. The third-order valence-electron chi connectivity index (χ3n) is 5.97. The van der Waals surface area contributed by atoms with Crippen molar-refractivity contribution in [2.45, 2.75) is 29.2 Å². The van der Waals surface area contributed by atoms with Crippen LogP contribution >= 0.6 is 11.3 Å². The lowest BCUT2D eigenvalue weighted by molar-refractivity contribution is -0.122. The Kier molecular flexibility index (Phi) is 7.38. The van der Waals surface area contributed by atoms with Crippen LogP contribution in [-0.2, 0) is 31.2 Å². The molecule has 12 heteroatoms. The number of sulfone groups is 1. The summed E-state index contributed by atoms with van der Waals surface area (Å²) in [6, 6.07) is 10.8. The fourth-order valence-electron chi connectivity index (χ4n) is 4.06. The lowest BCUT2D eigenvalue weighted by atomic mass is 9.99. The summed E-state index contributed by atoms with van der Waals surface area (Å²) >= 11 is 1.16. The molecule has 1 amide bonds. The maximum atomic E-state index is 13.2. The van der Waals surface area contributed by atoms with Gasteiger partial charge in [-0.05, 0) is 55.3 Å². The molecule has 2 heterocycles. The maximum absolute atomic E-state index is 13.2.